The summed E-state index contributed by atoms with van der Waals surface area (Å²) in [4.78, 5) is 49.4. The lowest BCUT2D eigenvalue weighted by Gasteiger charge is -2.25. The fourth-order valence-electron chi connectivity index (χ4n) is 6.06. The van der Waals surface area contributed by atoms with E-state index in [1.165, 1.54) is 37.7 Å². The average molecular weight is 679 g/mol. The predicted octanol–water partition coefficient (Wildman–Crippen LogP) is 8.32. The van der Waals surface area contributed by atoms with Gasteiger partial charge in [0.05, 0.1) is 25.8 Å². The number of nitrogens with zero attached hydrogens (tertiary/aromatic N) is 3. The number of Topliss-reactive ketones (excluding diaryl/α,β-unsaturated/α-hetero) is 1. The first-order valence-electron chi connectivity index (χ1n) is 17.4. The molecule has 0 spiro atoms. The number of carbonyl (C=O) groups excluding carboxylic acids is 3. The van der Waals surface area contributed by atoms with E-state index in [0.29, 0.717) is 30.8 Å². The van der Waals surface area contributed by atoms with Gasteiger partial charge < -0.3 is 19.5 Å². The van der Waals surface area contributed by atoms with Gasteiger partial charge in [0.25, 0.3) is 0 Å². The topological polar surface area (TPSA) is 120 Å². The fraction of sp³-hybridized carbons (Fsp3) is 0.375. The van der Waals surface area contributed by atoms with Crippen LogP contribution in [0.5, 0.6) is 5.75 Å². The molecule has 3 aromatic carbocycles. The van der Waals surface area contributed by atoms with Gasteiger partial charge in [0.15, 0.2) is 11.6 Å². The number of ketones is 1. The summed E-state index contributed by atoms with van der Waals surface area (Å²) < 4.78 is 16.3. The second kappa shape index (κ2) is 18.5. The van der Waals surface area contributed by atoms with Crippen LogP contribution in [0.2, 0.25) is 0 Å². The minimum atomic E-state index is -0.684. The number of hydrogen-bond donors (Lipinski definition) is 1. The average Bonchev–Trinajstić information content (AvgIpc) is 3.66. The summed E-state index contributed by atoms with van der Waals surface area (Å²) in [5.74, 6) is 1.24. The zero-order valence-corrected chi connectivity index (χ0v) is 28.9. The van der Waals surface area contributed by atoms with Gasteiger partial charge in [0, 0.05) is 36.5 Å². The van der Waals surface area contributed by atoms with Gasteiger partial charge >= 0.3 is 12.2 Å². The highest BCUT2D eigenvalue weighted by atomic mass is 16.5. The molecule has 2 atom stereocenters. The van der Waals surface area contributed by atoms with Crippen molar-refractivity contribution in [3.63, 3.8) is 0 Å². The summed E-state index contributed by atoms with van der Waals surface area (Å²) in [7, 11) is 1.30. The quantitative estimate of drug-likeness (QED) is 0.118. The maximum Gasteiger partial charge on any atom is 0.410 e. The van der Waals surface area contributed by atoms with Crippen LogP contribution in [0, 0.1) is 0 Å². The van der Waals surface area contributed by atoms with E-state index in [9.17, 15) is 14.4 Å². The van der Waals surface area contributed by atoms with Crippen molar-refractivity contribution in [1.82, 2.24) is 20.2 Å². The minimum Gasteiger partial charge on any atom is -0.494 e. The van der Waals surface area contributed by atoms with Crippen molar-refractivity contribution in [2.24, 2.45) is 0 Å². The molecule has 0 radical (unpaired) electrons. The molecule has 5 rings (SSSR count). The molecule has 1 aliphatic heterocycles. The number of benzene rings is 3. The summed E-state index contributed by atoms with van der Waals surface area (Å²) in [6.45, 7) is 3.48. The standard InChI is InChI=1S/C40H46N4O6/c1-3-4-5-6-10-24-49-34-21-19-30(20-22-34)33-26-41-38(42-27-33)32-17-15-31(16-18-32)35(43-39(46)50-28-29-12-8-7-9-13-29)25-37(45)36-14-11-23-44(36)40(47)48-2/h7-9,12-13,15-22,26-27,35-36H,3-6,10-11,14,23-25,28H2,1-2H3,(H,43,46)/t35-,36-/m0/s1. The molecule has 1 N–H and O–H groups in total. The maximum absolute atomic E-state index is 13.5. The molecule has 1 fully saturated rings. The second-order valence-corrected chi connectivity index (χ2v) is 12.5. The van der Waals surface area contributed by atoms with Crippen LogP contribution in [0.25, 0.3) is 22.5 Å². The molecule has 2 amide bonds. The number of rotatable bonds is 16. The molecule has 10 heteroatoms. The number of unbranched alkanes of at least 4 members (excludes halogenated alkanes) is 4. The Hall–Kier alpha value is -5.25. The van der Waals surface area contributed by atoms with Crippen LogP contribution >= 0.6 is 0 Å². The number of likely N-dealkylation sites (tertiary alicyclic amines) is 1. The molecule has 0 bridgehead atoms. The lowest BCUT2D eigenvalue weighted by molar-refractivity contribution is -0.123. The highest BCUT2D eigenvalue weighted by Gasteiger charge is 2.36. The van der Waals surface area contributed by atoms with Crippen LogP contribution in [0.15, 0.2) is 91.3 Å². The molecule has 1 aliphatic rings. The third-order valence-corrected chi connectivity index (χ3v) is 8.87. The van der Waals surface area contributed by atoms with Gasteiger partial charge in [-0.15, -0.1) is 0 Å². The van der Waals surface area contributed by atoms with E-state index in [0.717, 1.165) is 41.0 Å². The van der Waals surface area contributed by atoms with Crippen molar-refractivity contribution in [2.45, 2.75) is 77.0 Å². The van der Waals surface area contributed by atoms with Crippen molar-refractivity contribution in [1.29, 1.82) is 0 Å². The number of alkyl carbamates (subject to hydrolysis) is 1. The lowest BCUT2D eigenvalue weighted by Crippen LogP contribution is -2.42. The van der Waals surface area contributed by atoms with Crippen molar-refractivity contribution in [3.8, 4) is 28.3 Å². The first kappa shape index (κ1) is 36.0. The number of carbonyl (C=O) groups is 3. The minimum absolute atomic E-state index is 0.0219. The van der Waals surface area contributed by atoms with Crippen molar-refractivity contribution < 1.29 is 28.6 Å². The van der Waals surface area contributed by atoms with E-state index in [1.54, 1.807) is 12.4 Å². The van der Waals surface area contributed by atoms with Crippen molar-refractivity contribution in [2.75, 3.05) is 20.3 Å². The Morgan fingerprint density at radius 3 is 2.26 bits per heavy atom. The highest BCUT2D eigenvalue weighted by Crippen LogP contribution is 2.27. The zero-order chi connectivity index (χ0) is 35.1. The first-order chi connectivity index (χ1) is 24.4. The fourth-order valence-corrected chi connectivity index (χ4v) is 6.06. The first-order valence-corrected chi connectivity index (χ1v) is 17.4. The number of amides is 2. The van der Waals surface area contributed by atoms with E-state index in [4.69, 9.17) is 14.2 Å². The van der Waals surface area contributed by atoms with Crippen LogP contribution in [0.4, 0.5) is 9.59 Å². The Morgan fingerprint density at radius 2 is 1.56 bits per heavy atom. The smallest absolute Gasteiger partial charge is 0.410 e. The van der Waals surface area contributed by atoms with E-state index in [2.05, 4.69) is 22.2 Å². The van der Waals surface area contributed by atoms with Gasteiger partial charge in [0.1, 0.15) is 12.4 Å². The molecule has 0 unspecified atom stereocenters. The summed E-state index contributed by atoms with van der Waals surface area (Å²) in [6.07, 6.45) is 9.65. The zero-order valence-electron chi connectivity index (χ0n) is 28.9. The number of ether oxygens (including phenoxy) is 3. The summed E-state index contributed by atoms with van der Waals surface area (Å²) in [6, 6.07) is 23.5. The van der Waals surface area contributed by atoms with Gasteiger partial charge in [-0.05, 0) is 48.1 Å². The van der Waals surface area contributed by atoms with E-state index in [-0.39, 0.29) is 18.8 Å². The largest absolute Gasteiger partial charge is 0.494 e. The lowest BCUT2D eigenvalue weighted by atomic mass is 9.96. The molecule has 1 aromatic heterocycles. The monoisotopic (exact) mass is 678 g/mol. The summed E-state index contributed by atoms with van der Waals surface area (Å²) in [5, 5.41) is 2.87. The number of hydrogen-bond acceptors (Lipinski definition) is 8. The third-order valence-electron chi connectivity index (χ3n) is 8.87. The Labute approximate surface area is 294 Å². The van der Waals surface area contributed by atoms with Gasteiger partial charge in [-0.3, -0.25) is 9.69 Å². The Morgan fingerprint density at radius 1 is 0.860 bits per heavy atom. The Kier molecular flexibility index (Phi) is 13.3. The van der Waals surface area contributed by atoms with E-state index >= 15 is 0 Å². The van der Waals surface area contributed by atoms with E-state index < -0.39 is 24.3 Å². The summed E-state index contributed by atoms with van der Waals surface area (Å²) in [5.41, 5.74) is 4.22. The van der Waals surface area contributed by atoms with Gasteiger partial charge in [-0.1, -0.05) is 99.3 Å². The molecule has 0 aliphatic carbocycles. The van der Waals surface area contributed by atoms with Crippen molar-refractivity contribution in [3.05, 3.63) is 102 Å². The molecule has 4 aromatic rings. The molecule has 0 saturated carbocycles. The normalized spacial score (nSPS) is 14.5. The van der Waals surface area contributed by atoms with Crippen LogP contribution in [0.3, 0.4) is 0 Å². The molecular formula is C40H46N4O6. The number of aromatic nitrogens is 2. The van der Waals surface area contributed by atoms with Crippen LogP contribution in [-0.4, -0.2) is 59.1 Å². The van der Waals surface area contributed by atoms with Gasteiger partial charge in [-0.25, -0.2) is 19.6 Å². The van der Waals surface area contributed by atoms with Crippen LogP contribution in [-0.2, 0) is 20.9 Å². The molecule has 50 heavy (non-hydrogen) atoms. The SMILES string of the molecule is CCCCCCCOc1ccc(-c2cnc(-c3ccc([C@H](CC(=O)[C@@H]4CCCN4C(=O)OC)NC(=O)OCc4ccccc4)cc3)nc2)cc1. The third kappa shape index (κ3) is 10.1. The van der Waals surface area contributed by atoms with Crippen LogP contribution in [0.1, 0.15) is 75.5 Å². The number of nitrogens with one attached hydrogen (secondary N) is 1. The maximum atomic E-state index is 13.5. The molecule has 2 heterocycles. The molecular weight excluding hydrogens is 632 g/mol. The molecule has 10 nitrogen and oxygen atoms in total. The Bertz CT molecular complexity index is 1660. The molecule has 262 valence electrons. The van der Waals surface area contributed by atoms with E-state index in [1.807, 2.05) is 78.9 Å². The summed E-state index contributed by atoms with van der Waals surface area (Å²) >= 11 is 0. The number of methoxy groups -OCH3 is 1. The van der Waals surface area contributed by atoms with Gasteiger partial charge in [0.2, 0.25) is 0 Å². The second-order valence-electron chi connectivity index (χ2n) is 12.5. The highest BCUT2D eigenvalue weighted by molar-refractivity contribution is 5.89. The van der Waals surface area contributed by atoms with Crippen LogP contribution < -0.4 is 10.1 Å². The predicted molar refractivity (Wildman–Crippen MR) is 191 cm³/mol. The molecule has 1 saturated heterocycles. The Balaban J connectivity index is 1.23. The van der Waals surface area contributed by atoms with Crippen molar-refractivity contribution >= 4 is 18.0 Å². The van der Waals surface area contributed by atoms with Gasteiger partial charge in [-0.2, -0.15) is 0 Å².